The fourth-order valence-electron chi connectivity index (χ4n) is 1.44. The van der Waals surface area contributed by atoms with Gasteiger partial charge in [-0.15, -0.1) is 0 Å². The molecule has 2 rings (SSSR count). The van der Waals surface area contributed by atoms with Gasteiger partial charge in [0.15, 0.2) is 5.65 Å². The Labute approximate surface area is 88.2 Å². The molecule has 0 fully saturated rings. The second kappa shape index (κ2) is 4.56. The van der Waals surface area contributed by atoms with Crippen LogP contribution in [0.2, 0.25) is 0 Å². The summed E-state index contributed by atoms with van der Waals surface area (Å²) in [7, 11) is 0. The monoisotopic (exact) mass is 199 g/mol. The number of nitrogens with one attached hydrogen (secondary N) is 1. The number of aromatic nitrogens is 4. The summed E-state index contributed by atoms with van der Waals surface area (Å²) < 4.78 is 0. The van der Waals surface area contributed by atoms with Crippen LogP contribution in [0.3, 0.4) is 0 Å². The first kappa shape index (κ1) is 9.66. The van der Waals surface area contributed by atoms with E-state index < -0.39 is 0 Å². The molecule has 1 radical (unpaired) electrons. The van der Waals surface area contributed by atoms with Crippen LogP contribution < -0.4 is 0 Å². The van der Waals surface area contributed by atoms with Crippen molar-refractivity contribution in [3.63, 3.8) is 0 Å². The van der Waals surface area contributed by atoms with E-state index in [1.165, 1.54) is 6.33 Å². The summed E-state index contributed by atoms with van der Waals surface area (Å²) in [6.45, 7) is 0. The van der Waals surface area contributed by atoms with Gasteiger partial charge in [-0.05, 0) is 19.3 Å². The molecule has 2 aromatic rings. The third kappa shape index (κ3) is 2.32. The van der Waals surface area contributed by atoms with Crippen LogP contribution in [0, 0.1) is 12.3 Å². The van der Waals surface area contributed by atoms with Crippen LogP contribution in [0.25, 0.3) is 11.2 Å². The van der Waals surface area contributed by atoms with Crippen LogP contribution in [0.1, 0.15) is 25.1 Å². The van der Waals surface area contributed by atoms with Crippen molar-refractivity contribution in [3.05, 3.63) is 24.8 Å². The molecule has 0 unspecified atom stereocenters. The first-order chi connectivity index (χ1) is 7.40. The van der Waals surface area contributed by atoms with Gasteiger partial charge in [-0.3, -0.25) is 0 Å². The summed E-state index contributed by atoms with van der Waals surface area (Å²) in [5.74, 6) is 3.32. The highest BCUT2D eigenvalue weighted by Crippen LogP contribution is 2.08. The van der Waals surface area contributed by atoms with Crippen LogP contribution >= 0.6 is 0 Å². The van der Waals surface area contributed by atoms with E-state index in [0.717, 1.165) is 42.7 Å². The van der Waals surface area contributed by atoms with Crippen molar-refractivity contribution in [3.8, 4) is 5.92 Å². The zero-order valence-corrected chi connectivity index (χ0v) is 8.32. The molecule has 0 atom stereocenters. The summed E-state index contributed by atoms with van der Waals surface area (Å²) in [6.07, 6.45) is 13.6. The number of nitrogens with zero attached hydrogens (tertiary/aromatic N) is 3. The van der Waals surface area contributed by atoms with E-state index in [2.05, 4.69) is 25.9 Å². The third-order valence-electron chi connectivity index (χ3n) is 2.18. The number of aromatic amines is 1. The van der Waals surface area contributed by atoms with Gasteiger partial charge in [-0.2, -0.15) is 0 Å². The molecule has 0 aromatic carbocycles. The van der Waals surface area contributed by atoms with Gasteiger partial charge in [-0.1, -0.05) is 5.92 Å². The van der Waals surface area contributed by atoms with Gasteiger partial charge >= 0.3 is 0 Å². The van der Waals surface area contributed by atoms with Gasteiger partial charge in [0.05, 0.1) is 6.20 Å². The van der Waals surface area contributed by atoms with Gasteiger partial charge in [0.1, 0.15) is 17.7 Å². The molecular weight excluding hydrogens is 188 g/mol. The highest BCUT2D eigenvalue weighted by atomic mass is 15.0. The van der Waals surface area contributed by atoms with Gasteiger partial charge in [0.25, 0.3) is 0 Å². The predicted molar refractivity (Wildman–Crippen MR) is 56.4 cm³/mol. The largest absolute Gasteiger partial charge is 0.339 e. The van der Waals surface area contributed by atoms with Crippen molar-refractivity contribution in [2.24, 2.45) is 0 Å². The molecule has 4 heteroatoms. The van der Waals surface area contributed by atoms with Crippen molar-refractivity contribution >= 4 is 11.2 Å². The lowest BCUT2D eigenvalue weighted by Gasteiger charge is -1.93. The second-order valence-electron chi connectivity index (χ2n) is 3.33. The average molecular weight is 199 g/mol. The molecule has 0 saturated heterocycles. The highest BCUT2D eigenvalue weighted by Gasteiger charge is 2.02. The van der Waals surface area contributed by atoms with Crippen LogP contribution in [-0.2, 0) is 6.42 Å². The van der Waals surface area contributed by atoms with Crippen molar-refractivity contribution in [1.82, 2.24) is 19.9 Å². The van der Waals surface area contributed by atoms with Crippen molar-refractivity contribution < 1.29 is 0 Å². The number of H-pyrrole nitrogens is 1. The average Bonchev–Trinajstić information content (AvgIpc) is 2.67. The number of hydrogen-bond acceptors (Lipinski definition) is 3. The Bertz CT molecular complexity index is 448. The maximum absolute atomic E-state index is 6.78. The van der Waals surface area contributed by atoms with E-state index in [1.54, 1.807) is 6.20 Å². The first-order valence-corrected chi connectivity index (χ1v) is 4.94. The molecule has 75 valence electrons. The number of aryl methyl sites for hydroxylation is 1. The molecule has 0 aliphatic heterocycles. The normalized spacial score (nSPS) is 10.3. The smallest absolute Gasteiger partial charge is 0.180 e. The standard InChI is InChI=1S/C11H11N4/c1-2-3-4-5-6-10-14-9-7-12-8-13-11(9)15-10/h7-8H,3-6H2,(H,12,13,14,15). The Kier molecular flexibility index (Phi) is 2.93. The van der Waals surface area contributed by atoms with E-state index in [9.17, 15) is 0 Å². The van der Waals surface area contributed by atoms with Crippen molar-refractivity contribution in [2.45, 2.75) is 25.7 Å². The van der Waals surface area contributed by atoms with Crippen LogP contribution in [-0.4, -0.2) is 19.9 Å². The number of rotatable bonds is 4. The van der Waals surface area contributed by atoms with Gasteiger partial charge in [0.2, 0.25) is 0 Å². The maximum Gasteiger partial charge on any atom is 0.180 e. The molecule has 0 aliphatic rings. The SMILES string of the molecule is [C]#CCCCCc1nc2ncncc2[nH]1. The number of hydrogen-bond donors (Lipinski definition) is 1. The highest BCUT2D eigenvalue weighted by molar-refractivity contribution is 5.68. The Morgan fingerprint density at radius 1 is 1.40 bits per heavy atom. The molecule has 0 aliphatic carbocycles. The fraction of sp³-hybridized carbons (Fsp3) is 0.364. The molecule has 15 heavy (non-hydrogen) atoms. The molecule has 2 aromatic heterocycles. The van der Waals surface area contributed by atoms with Crippen molar-refractivity contribution in [2.75, 3.05) is 0 Å². The van der Waals surface area contributed by atoms with E-state index in [4.69, 9.17) is 6.42 Å². The summed E-state index contributed by atoms with van der Waals surface area (Å²) in [6, 6.07) is 0. The third-order valence-corrected chi connectivity index (χ3v) is 2.18. The summed E-state index contributed by atoms with van der Waals surface area (Å²) in [4.78, 5) is 15.5. The van der Waals surface area contributed by atoms with Crippen LogP contribution in [0.4, 0.5) is 0 Å². The Morgan fingerprint density at radius 3 is 3.13 bits per heavy atom. The zero-order chi connectivity index (χ0) is 10.5. The Hall–Kier alpha value is -1.89. The fourth-order valence-corrected chi connectivity index (χ4v) is 1.44. The molecule has 0 spiro atoms. The second-order valence-corrected chi connectivity index (χ2v) is 3.33. The molecule has 0 amide bonds. The van der Waals surface area contributed by atoms with Gasteiger partial charge < -0.3 is 4.98 Å². The first-order valence-electron chi connectivity index (χ1n) is 4.94. The topological polar surface area (TPSA) is 54.5 Å². The summed E-state index contributed by atoms with van der Waals surface area (Å²) >= 11 is 0. The minimum atomic E-state index is 0.721. The lowest BCUT2D eigenvalue weighted by Crippen LogP contribution is -1.87. The summed E-state index contributed by atoms with van der Waals surface area (Å²) in [5, 5.41) is 0. The lowest BCUT2D eigenvalue weighted by molar-refractivity contribution is 0.733. The zero-order valence-electron chi connectivity index (χ0n) is 8.32. The predicted octanol–water partition coefficient (Wildman–Crippen LogP) is 1.66. The quantitative estimate of drug-likeness (QED) is 0.601. The number of imidazole rings is 1. The van der Waals surface area contributed by atoms with Crippen LogP contribution in [0.5, 0.6) is 0 Å². The van der Waals surface area contributed by atoms with E-state index in [-0.39, 0.29) is 0 Å². The Balaban J connectivity index is 2.00. The van der Waals surface area contributed by atoms with Gasteiger partial charge in [0, 0.05) is 12.8 Å². The molecule has 1 N–H and O–H groups in total. The van der Waals surface area contributed by atoms with E-state index in [1.807, 2.05) is 0 Å². The number of unbranched alkanes of at least 4 members (excludes halogenated alkanes) is 2. The van der Waals surface area contributed by atoms with Gasteiger partial charge in [-0.25, -0.2) is 15.0 Å². The maximum atomic E-state index is 6.78. The minimum Gasteiger partial charge on any atom is -0.339 e. The molecule has 2 heterocycles. The molecule has 4 nitrogen and oxygen atoms in total. The molecular formula is C11H11N4. The lowest BCUT2D eigenvalue weighted by atomic mass is 10.2. The minimum absolute atomic E-state index is 0.721. The molecule has 0 bridgehead atoms. The summed E-state index contributed by atoms with van der Waals surface area (Å²) in [5.41, 5.74) is 1.60. The van der Waals surface area contributed by atoms with Crippen LogP contribution in [0.15, 0.2) is 12.5 Å². The molecule has 0 saturated carbocycles. The number of fused-ring (bicyclic) bond motifs is 1. The van der Waals surface area contributed by atoms with Crippen molar-refractivity contribution in [1.29, 1.82) is 0 Å². The van der Waals surface area contributed by atoms with E-state index >= 15 is 0 Å². The Morgan fingerprint density at radius 2 is 2.33 bits per heavy atom. The van der Waals surface area contributed by atoms with E-state index in [0.29, 0.717) is 0 Å².